The first kappa shape index (κ1) is 11.6. The smallest absolute Gasteiger partial charge is 0.201 e. The van der Waals surface area contributed by atoms with Gasteiger partial charge in [0.05, 0.1) is 11.9 Å². The average Bonchev–Trinajstić information content (AvgIpc) is 2.77. The molecule has 0 spiro atoms. The highest BCUT2D eigenvalue weighted by molar-refractivity contribution is 6.37. The number of benzene rings is 1. The van der Waals surface area contributed by atoms with Crippen LogP contribution in [0.5, 0.6) is 0 Å². The summed E-state index contributed by atoms with van der Waals surface area (Å²) in [5.41, 5.74) is 2.27. The third-order valence-corrected chi connectivity index (χ3v) is 3.37. The van der Waals surface area contributed by atoms with Gasteiger partial charge in [0.25, 0.3) is 0 Å². The van der Waals surface area contributed by atoms with Crippen LogP contribution in [0, 0.1) is 0 Å². The number of Topliss-reactive ketones (excluding diaryl/α,β-unsaturated/α-hetero) is 1. The van der Waals surface area contributed by atoms with Gasteiger partial charge in [0, 0.05) is 28.3 Å². The van der Waals surface area contributed by atoms with Gasteiger partial charge in [-0.1, -0.05) is 23.2 Å². The van der Waals surface area contributed by atoms with Crippen molar-refractivity contribution in [3.63, 3.8) is 0 Å². The zero-order valence-electron chi connectivity index (χ0n) is 9.23. The Bertz CT molecular complexity index is 612. The minimum absolute atomic E-state index is 0.0631. The van der Waals surface area contributed by atoms with Gasteiger partial charge >= 0.3 is 0 Å². The van der Waals surface area contributed by atoms with Gasteiger partial charge < -0.3 is 0 Å². The number of hydrogen-bond acceptors (Lipinski definition) is 3. The number of allylic oxidation sites excluding steroid dienone is 1. The average molecular weight is 279 g/mol. The monoisotopic (exact) mass is 278 g/mol. The summed E-state index contributed by atoms with van der Waals surface area (Å²) in [6.07, 6.45) is 3.66. The predicted molar refractivity (Wildman–Crippen MR) is 72.8 cm³/mol. The molecule has 3 rings (SSSR count). The second kappa shape index (κ2) is 4.34. The molecule has 0 saturated carbocycles. The van der Waals surface area contributed by atoms with Gasteiger partial charge in [-0.2, -0.15) is 0 Å². The summed E-state index contributed by atoms with van der Waals surface area (Å²) < 4.78 is 0. The van der Waals surface area contributed by atoms with Crippen LogP contribution >= 0.6 is 23.2 Å². The van der Waals surface area contributed by atoms with Gasteiger partial charge in [-0.3, -0.25) is 14.8 Å². The Morgan fingerprint density at radius 3 is 2.61 bits per heavy atom. The predicted octanol–water partition coefficient (Wildman–Crippen LogP) is 3.42. The van der Waals surface area contributed by atoms with Crippen molar-refractivity contribution in [2.24, 2.45) is 9.98 Å². The molecule has 0 fully saturated rings. The first-order chi connectivity index (χ1) is 8.65. The summed E-state index contributed by atoms with van der Waals surface area (Å²) in [7, 11) is 0. The number of carbonyl (C=O) groups is 1. The lowest BCUT2D eigenvalue weighted by atomic mass is 9.96. The number of dihydropyridines is 1. The van der Waals surface area contributed by atoms with Crippen molar-refractivity contribution in [1.82, 2.24) is 0 Å². The molecule has 1 aromatic carbocycles. The van der Waals surface area contributed by atoms with E-state index in [4.69, 9.17) is 23.2 Å². The lowest BCUT2D eigenvalue weighted by Gasteiger charge is -2.18. The van der Waals surface area contributed by atoms with E-state index in [0.29, 0.717) is 27.7 Å². The second-order valence-electron chi connectivity index (χ2n) is 4.13. The molecule has 2 aliphatic heterocycles. The Balaban J connectivity index is 2.09. The van der Waals surface area contributed by atoms with E-state index in [1.807, 2.05) is 0 Å². The minimum atomic E-state index is -0.285. The van der Waals surface area contributed by atoms with Crippen LogP contribution in [-0.4, -0.2) is 18.2 Å². The Morgan fingerprint density at radius 1 is 1.17 bits per heavy atom. The molecule has 0 radical (unpaired) electrons. The van der Waals surface area contributed by atoms with Crippen molar-refractivity contribution >= 4 is 41.4 Å². The Hall–Kier alpha value is -1.45. The molecule has 0 amide bonds. The lowest BCUT2D eigenvalue weighted by molar-refractivity contribution is -0.109. The summed E-state index contributed by atoms with van der Waals surface area (Å²) in [5.74, 6) is -0.0631. The number of hydrogen-bond donors (Lipinski definition) is 0. The van der Waals surface area contributed by atoms with Crippen LogP contribution in [0.1, 0.15) is 18.0 Å². The Kier molecular flexibility index (Phi) is 2.80. The molecule has 0 aliphatic carbocycles. The molecule has 1 aromatic rings. The van der Waals surface area contributed by atoms with Crippen molar-refractivity contribution < 1.29 is 4.79 Å². The van der Waals surface area contributed by atoms with Gasteiger partial charge in [0.15, 0.2) is 0 Å². The first-order valence-corrected chi connectivity index (χ1v) is 6.20. The molecular weight excluding hydrogens is 271 g/mol. The maximum absolute atomic E-state index is 11.6. The number of rotatable bonds is 1. The molecule has 18 heavy (non-hydrogen) atoms. The fraction of sp³-hybridized carbons (Fsp3) is 0.154. The van der Waals surface area contributed by atoms with E-state index in [1.165, 1.54) is 6.21 Å². The van der Waals surface area contributed by atoms with Crippen LogP contribution in [0.15, 0.2) is 39.5 Å². The maximum atomic E-state index is 11.6. The van der Waals surface area contributed by atoms with Crippen LogP contribution in [0.4, 0.5) is 0 Å². The maximum Gasteiger partial charge on any atom is 0.201 e. The topological polar surface area (TPSA) is 41.8 Å². The van der Waals surface area contributed by atoms with E-state index >= 15 is 0 Å². The van der Waals surface area contributed by atoms with Crippen molar-refractivity contribution in [3.05, 3.63) is 45.1 Å². The van der Waals surface area contributed by atoms with E-state index in [9.17, 15) is 4.79 Å². The highest BCUT2D eigenvalue weighted by Crippen LogP contribution is 2.37. The molecule has 0 saturated heterocycles. The Labute approximate surface area is 114 Å². The van der Waals surface area contributed by atoms with Gasteiger partial charge in [-0.15, -0.1) is 0 Å². The summed E-state index contributed by atoms with van der Waals surface area (Å²) in [5, 5.41) is 1.10. The highest BCUT2D eigenvalue weighted by atomic mass is 35.5. The zero-order chi connectivity index (χ0) is 12.7. The lowest BCUT2D eigenvalue weighted by Crippen LogP contribution is -2.14. The van der Waals surface area contributed by atoms with Gasteiger partial charge in [-0.05, 0) is 23.8 Å². The highest BCUT2D eigenvalue weighted by Gasteiger charge is 2.28. The molecule has 90 valence electrons. The number of carbonyl (C=O) groups excluding carboxylic acids is 1. The second-order valence-corrected chi connectivity index (χ2v) is 5.00. The van der Waals surface area contributed by atoms with Crippen LogP contribution < -0.4 is 0 Å². The summed E-state index contributed by atoms with van der Waals surface area (Å²) in [4.78, 5) is 20.1. The van der Waals surface area contributed by atoms with Crippen LogP contribution in [0.3, 0.4) is 0 Å². The summed E-state index contributed by atoms with van der Waals surface area (Å²) >= 11 is 12.0. The summed E-state index contributed by atoms with van der Waals surface area (Å²) in [6, 6.07) is 4.97. The number of nitrogens with zero attached hydrogens (tertiary/aromatic N) is 2. The molecule has 2 heterocycles. The van der Waals surface area contributed by atoms with Gasteiger partial charge in [0.2, 0.25) is 5.78 Å². The third-order valence-electron chi connectivity index (χ3n) is 2.93. The molecule has 1 unspecified atom stereocenters. The first-order valence-electron chi connectivity index (χ1n) is 5.44. The van der Waals surface area contributed by atoms with E-state index in [0.717, 1.165) is 5.56 Å². The normalized spacial score (nSPS) is 21.7. The van der Waals surface area contributed by atoms with Gasteiger partial charge in [0.1, 0.15) is 6.04 Å². The molecule has 5 heteroatoms. The van der Waals surface area contributed by atoms with Gasteiger partial charge in [-0.25, -0.2) is 0 Å². The molecule has 0 N–H and O–H groups in total. The van der Waals surface area contributed by atoms with E-state index < -0.39 is 0 Å². The number of aliphatic imine (C=N–C) groups is 2. The standard InChI is InChI=1S/C13H8Cl2N2O/c14-8-3-7(4-9(15)5-8)12-13-10(1-2-16-13)11(18)6-17-12/h2-6,12H,1H2. The van der Waals surface area contributed by atoms with E-state index in [1.54, 1.807) is 24.4 Å². The van der Waals surface area contributed by atoms with Crippen molar-refractivity contribution in [3.8, 4) is 0 Å². The SMILES string of the molecule is O=C1C=NC(c2cc(Cl)cc(Cl)c2)C2=C1CC=N2. The minimum Gasteiger partial charge on any atom is -0.288 e. The molecular formula is C13H8Cl2N2O. The Morgan fingerprint density at radius 2 is 1.89 bits per heavy atom. The molecule has 0 bridgehead atoms. The largest absolute Gasteiger partial charge is 0.288 e. The van der Waals surface area contributed by atoms with Crippen LogP contribution in [0.25, 0.3) is 0 Å². The third kappa shape index (κ3) is 1.89. The van der Waals surface area contributed by atoms with Crippen LogP contribution in [-0.2, 0) is 4.79 Å². The molecule has 2 aliphatic rings. The number of halogens is 2. The van der Waals surface area contributed by atoms with E-state index in [-0.39, 0.29) is 11.8 Å². The summed E-state index contributed by atoms with van der Waals surface area (Å²) in [6.45, 7) is 0. The fourth-order valence-electron chi connectivity index (χ4n) is 2.15. The number of ketones is 1. The zero-order valence-corrected chi connectivity index (χ0v) is 10.7. The quantitative estimate of drug-likeness (QED) is 0.776. The molecule has 1 atom stereocenters. The van der Waals surface area contributed by atoms with Crippen molar-refractivity contribution in [2.75, 3.05) is 0 Å². The molecule has 0 aromatic heterocycles. The molecule has 3 nitrogen and oxygen atoms in total. The van der Waals surface area contributed by atoms with E-state index in [2.05, 4.69) is 9.98 Å². The fourth-order valence-corrected chi connectivity index (χ4v) is 2.69. The van der Waals surface area contributed by atoms with Crippen LogP contribution in [0.2, 0.25) is 10.0 Å². The van der Waals surface area contributed by atoms with Crippen molar-refractivity contribution in [1.29, 1.82) is 0 Å². The van der Waals surface area contributed by atoms with Crippen molar-refractivity contribution in [2.45, 2.75) is 12.5 Å².